The second kappa shape index (κ2) is 7.94. The molecule has 4 nitrogen and oxygen atoms in total. The van der Waals surface area contributed by atoms with Gasteiger partial charge in [-0.2, -0.15) is 0 Å². The molecule has 6 rings (SSSR count). The van der Waals surface area contributed by atoms with Crippen molar-refractivity contribution in [2.24, 2.45) is 0 Å². The van der Waals surface area contributed by atoms with Gasteiger partial charge in [-0.05, 0) is 36.0 Å². The molecule has 30 heavy (non-hydrogen) atoms. The van der Waals surface area contributed by atoms with Crippen LogP contribution in [-0.4, -0.2) is 29.6 Å². The molecule has 1 unspecified atom stereocenters. The van der Waals surface area contributed by atoms with Crippen molar-refractivity contribution in [3.05, 3.63) is 88.8 Å². The molecule has 1 atom stereocenters. The highest BCUT2D eigenvalue weighted by Crippen LogP contribution is 2.41. The summed E-state index contributed by atoms with van der Waals surface area (Å²) in [6.07, 6.45) is 6.02. The number of benzene rings is 2. The number of nitrogens with zero attached hydrogens (tertiary/aromatic N) is 1. The van der Waals surface area contributed by atoms with E-state index in [1.165, 1.54) is 16.8 Å². The van der Waals surface area contributed by atoms with Crippen LogP contribution >= 0.6 is 0 Å². The summed E-state index contributed by atoms with van der Waals surface area (Å²) in [6, 6.07) is 19.3. The molecule has 2 aromatic carbocycles. The zero-order chi connectivity index (χ0) is 20.5. The third kappa shape index (κ3) is 3.70. The summed E-state index contributed by atoms with van der Waals surface area (Å²) in [5, 5.41) is 3.38. The van der Waals surface area contributed by atoms with Crippen molar-refractivity contribution in [1.29, 1.82) is 0 Å². The van der Waals surface area contributed by atoms with Crippen molar-refractivity contribution in [3.63, 3.8) is 0 Å². The first kappa shape index (κ1) is 18.9. The Hall–Kier alpha value is -3.14. The molecule has 152 valence electrons. The van der Waals surface area contributed by atoms with Crippen molar-refractivity contribution in [3.8, 4) is 0 Å². The fourth-order valence-electron chi connectivity index (χ4n) is 4.70. The fraction of sp³-hybridized carbons (Fsp3) is 0.308. The van der Waals surface area contributed by atoms with E-state index in [9.17, 15) is 9.59 Å². The molecule has 0 saturated carbocycles. The Labute approximate surface area is 177 Å². The molecule has 2 aliphatic heterocycles. The first-order valence-electron chi connectivity index (χ1n) is 10.8. The molecule has 0 aromatic heterocycles. The van der Waals surface area contributed by atoms with E-state index < -0.39 is 0 Å². The molecule has 2 aliphatic carbocycles. The Morgan fingerprint density at radius 1 is 0.833 bits per heavy atom. The Morgan fingerprint density at radius 2 is 1.63 bits per heavy atom. The van der Waals surface area contributed by atoms with Crippen molar-refractivity contribution in [2.45, 2.75) is 38.1 Å². The van der Waals surface area contributed by atoms with E-state index in [1.807, 2.05) is 24.3 Å². The molecule has 1 saturated heterocycles. The summed E-state index contributed by atoms with van der Waals surface area (Å²) in [6.45, 7) is 2.02. The van der Waals surface area contributed by atoms with Gasteiger partial charge in [0.2, 0.25) is 0 Å². The number of allylic oxidation sites excluding steroid dienone is 4. The van der Waals surface area contributed by atoms with Gasteiger partial charge in [-0.25, -0.2) is 0 Å². The number of ketones is 2. The fourth-order valence-corrected chi connectivity index (χ4v) is 4.70. The molecule has 2 aromatic rings. The summed E-state index contributed by atoms with van der Waals surface area (Å²) in [4.78, 5) is 25.3. The second-order valence-corrected chi connectivity index (χ2v) is 8.29. The maximum absolute atomic E-state index is 11.8. The number of Topliss-reactive ketones (excluding diaryl/α,β-unsaturated/α-hetero) is 1. The monoisotopic (exact) mass is 398 g/mol. The van der Waals surface area contributed by atoms with Crippen molar-refractivity contribution in [1.82, 2.24) is 10.2 Å². The van der Waals surface area contributed by atoms with Crippen LogP contribution in [0.1, 0.15) is 48.4 Å². The first-order valence-corrected chi connectivity index (χ1v) is 10.8. The molecule has 1 fully saturated rings. The molecule has 0 bridgehead atoms. The summed E-state index contributed by atoms with van der Waals surface area (Å²) in [5.74, 6) is 0.579. The lowest BCUT2D eigenvalue weighted by Gasteiger charge is -2.06. The zero-order valence-corrected chi connectivity index (χ0v) is 17.1. The normalized spacial score (nSPS) is 21.8. The van der Waals surface area contributed by atoms with Gasteiger partial charge in [0.15, 0.2) is 11.6 Å². The third-order valence-corrected chi connectivity index (χ3v) is 6.32. The average molecular weight is 399 g/mol. The van der Waals surface area contributed by atoms with Crippen LogP contribution in [-0.2, 0) is 16.0 Å². The topological polar surface area (TPSA) is 49.2 Å². The molecule has 0 spiro atoms. The number of hydrogen-bond acceptors (Lipinski definition) is 4. The van der Waals surface area contributed by atoms with Crippen LogP contribution in [0, 0.1) is 0 Å². The summed E-state index contributed by atoms with van der Waals surface area (Å²) >= 11 is 0. The zero-order valence-electron chi connectivity index (χ0n) is 17.1. The standard InChI is InChI=1S/2C13H13NO/c15-12-6-5-11-13(12)10-4-2-1-3-9(10)7-8-14-11;15-12-7-6-11(8-12)14-9-13(14)10-4-2-1-3-5-10/h1-4,14H,5-8H2;1-5,8,13H,6-7,9H2. The molecule has 4 aliphatic rings. The van der Waals surface area contributed by atoms with Crippen LogP contribution in [0.3, 0.4) is 0 Å². The van der Waals surface area contributed by atoms with Gasteiger partial charge in [-0.1, -0.05) is 54.6 Å². The van der Waals surface area contributed by atoms with E-state index in [0.717, 1.165) is 49.2 Å². The SMILES string of the molecule is O=C1C=C(N2CC2c2ccccc2)CC1.O=C1CCC2=C1c1ccccc1CCN2. The van der Waals surface area contributed by atoms with Crippen LogP contribution in [0.5, 0.6) is 0 Å². The minimum Gasteiger partial charge on any atom is -0.387 e. The summed E-state index contributed by atoms with van der Waals surface area (Å²) in [5.41, 5.74) is 7.14. The molecule has 0 radical (unpaired) electrons. The highest BCUT2D eigenvalue weighted by Gasteiger charge is 2.38. The van der Waals surface area contributed by atoms with Crippen molar-refractivity contribution >= 4 is 17.1 Å². The van der Waals surface area contributed by atoms with Crippen LogP contribution in [0.15, 0.2) is 72.1 Å². The predicted molar refractivity (Wildman–Crippen MR) is 118 cm³/mol. The van der Waals surface area contributed by atoms with E-state index in [1.54, 1.807) is 0 Å². The van der Waals surface area contributed by atoms with Crippen molar-refractivity contribution < 1.29 is 9.59 Å². The van der Waals surface area contributed by atoms with Gasteiger partial charge in [0, 0.05) is 49.0 Å². The number of nitrogens with one attached hydrogen (secondary N) is 1. The Kier molecular flexibility index (Phi) is 4.99. The van der Waals surface area contributed by atoms with Gasteiger partial charge in [-0.15, -0.1) is 0 Å². The van der Waals surface area contributed by atoms with Crippen molar-refractivity contribution in [2.75, 3.05) is 13.1 Å². The third-order valence-electron chi connectivity index (χ3n) is 6.32. The lowest BCUT2D eigenvalue weighted by molar-refractivity contribution is -0.114. The molecule has 4 heteroatoms. The minimum atomic E-state index is 0.281. The van der Waals surface area contributed by atoms with Gasteiger partial charge in [-0.3, -0.25) is 9.59 Å². The van der Waals surface area contributed by atoms with Crippen LogP contribution in [0.4, 0.5) is 0 Å². The molecular formula is C26H26N2O2. The number of hydrogen-bond donors (Lipinski definition) is 1. The highest BCUT2D eigenvalue weighted by atomic mass is 16.1. The van der Waals surface area contributed by atoms with Gasteiger partial charge < -0.3 is 10.2 Å². The molecule has 1 N–H and O–H groups in total. The largest absolute Gasteiger partial charge is 0.387 e. The molecular weight excluding hydrogens is 372 g/mol. The number of carbonyl (C=O) groups excluding carboxylic acids is 2. The van der Waals surface area contributed by atoms with Crippen LogP contribution in [0.25, 0.3) is 5.57 Å². The lowest BCUT2D eigenvalue weighted by atomic mass is 9.97. The Morgan fingerprint density at radius 3 is 2.43 bits per heavy atom. The molecule has 2 heterocycles. The van der Waals surface area contributed by atoms with E-state index in [2.05, 4.69) is 46.6 Å². The Balaban J connectivity index is 0.000000128. The predicted octanol–water partition coefficient (Wildman–Crippen LogP) is 4.20. The van der Waals surface area contributed by atoms with Gasteiger partial charge in [0.25, 0.3) is 0 Å². The average Bonchev–Trinajstić information content (AvgIpc) is 3.39. The Bertz CT molecular complexity index is 1050. The van der Waals surface area contributed by atoms with Gasteiger partial charge in [0.05, 0.1) is 6.04 Å². The molecule has 0 amide bonds. The minimum absolute atomic E-state index is 0.281. The lowest BCUT2D eigenvalue weighted by Crippen LogP contribution is -2.13. The quantitative estimate of drug-likeness (QED) is 0.771. The highest BCUT2D eigenvalue weighted by molar-refractivity contribution is 6.24. The second-order valence-electron chi connectivity index (χ2n) is 8.29. The van der Waals surface area contributed by atoms with Gasteiger partial charge >= 0.3 is 0 Å². The summed E-state index contributed by atoms with van der Waals surface area (Å²) in [7, 11) is 0. The maximum atomic E-state index is 11.8. The number of carbonyl (C=O) groups is 2. The van der Waals surface area contributed by atoms with Crippen LogP contribution < -0.4 is 5.32 Å². The first-order chi connectivity index (χ1) is 14.7. The van der Waals surface area contributed by atoms with E-state index in [-0.39, 0.29) is 5.78 Å². The number of fused-ring (bicyclic) bond motifs is 2. The maximum Gasteiger partial charge on any atom is 0.165 e. The van der Waals surface area contributed by atoms with E-state index >= 15 is 0 Å². The summed E-state index contributed by atoms with van der Waals surface area (Å²) < 4.78 is 0. The van der Waals surface area contributed by atoms with Gasteiger partial charge in [0.1, 0.15) is 0 Å². The van der Waals surface area contributed by atoms with Crippen LogP contribution in [0.2, 0.25) is 0 Å². The van der Waals surface area contributed by atoms with E-state index in [0.29, 0.717) is 24.7 Å². The van der Waals surface area contributed by atoms with E-state index in [4.69, 9.17) is 0 Å². The smallest absolute Gasteiger partial charge is 0.165 e. The number of rotatable bonds is 2.